The van der Waals surface area contributed by atoms with Crippen molar-refractivity contribution in [1.82, 2.24) is 10.3 Å². The molecule has 1 N–H and O–H groups in total. The van der Waals surface area contributed by atoms with Gasteiger partial charge in [-0.1, -0.05) is 6.07 Å². The van der Waals surface area contributed by atoms with Crippen molar-refractivity contribution in [2.24, 2.45) is 5.92 Å². The van der Waals surface area contributed by atoms with Crippen LogP contribution in [0.3, 0.4) is 0 Å². The number of rotatable bonds is 4. The van der Waals surface area contributed by atoms with E-state index in [9.17, 15) is 9.59 Å². The van der Waals surface area contributed by atoms with Gasteiger partial charge in [0, 0.05) is 12.0 Å². The molecule has 1 aliphatic rings. The Morgan fingerprint density at radius 2 is 1.89 bits per heavy atom. The number of carbonyl (C=O) groups is 2. The van der Waals surface area contributed by atoms with Crippen molar-refractivity contribution in [3.05, 3.63) is 24.1 Å². The number of ketones is 1. The fourth-order valence-corrected chi connectivity index (χ4v) is 3.34. The summed E-state index contributed by atoms with van der Waals surface area (Å²) in [4.78, 5) is 29.0. The highest BCUT2D eigenvalue weighted by atomic mass is 16.6. The molecule has 0 bridgehead atoms. The van der Waals surface area contributed by atoms with E-state index < -0.39 is 11.7 Å². The van der Waals surface area contributed by atoms with E-state index in [1.807, 2.05) is 20.8 Å². The number of ether oxygens (including phenoxy) is 2. The van der Waals surface area contributed by atoms with E-state index in [2.05, 4.69) is 10.3 Å². The van der Waals surface area contributed by atoms with E-state index in [1.54, 1.807) is 25.3 Å². The van der Waals surface area contributed by atoms with Gasteiger partial charge < -0.3 is 19.2 Å². The topological polar surface area (TPSA) is 90.7 Å². The van der Waals surface area contributed by atoms with Crippen molar-refractivity contribution in [3.63, 3.8) is 0 Å². The molecule has 3 rings (SSSR count). The van der Waals surface area contributed by atoms with Crippen molar-refractivity contribution >= 4 is 23.0 Å². The third-order valence-electron chi connectivity index (χ3n) is 4.63. The van der Waals surface area contributed by atoms with Gasteiger partial charge in [0.05, 0.1) is 7.11 Å². The summed E-state index contributed by atoms with van der Waals surface area (Å²) in [6.45, 7) is 5.49. The van der Waals surface area contributed by atoms with Crippen LogP contribution >= 0.6 is 0 Å². The zero-order chi connectivity index (χ0) is 19.6. The molecular weight excluding hydrogens is 348 g/mol. The Balaban J connectivity index is 1.60. The fourth-order valence-electron chi connectivity index (χ4n) is 3.34. The van der Waals surface area contributed by atoms with Gasteiger partial charge >= 0.3 is 6.09 Å². The van der Waals surface area contributed by atoms with E-state index in [0.717, 1.165) is 12.8 Å². The molecule has 0 saturated heterocycles. The molecule has 2 aromatic rings. The molecule has 1 heterocycles. The number of para-hydroxylation sites is 1. The van der Waals surface area contributed by atoms with Gasteiger partial charge in [0.25, 0.3) is 5.89 Å². The van der Waals surface area contributed by atoms with Crippen LogP contribution in [-0.2, 0) is 4.74 Å². The molecule has 0 aliphatic heterocycles. The Morgan fingerprint density at radius 3 is 2.52 bits per heavy atom. The Labute approximate surface area is 158 Å². The third kappa shape index (κ3) is 4.59. The monoisotopic (exact) mass is 374 g/mol. The number of aromatic nitrogens is 1. The first-order valence-corrected chi connectivity index (χ1v) is 9.24. The maximum atomic E-state index is 12.8. The molecular formula is C20H26N2O5. The molecule has 1 aliphatic carbocycles. The lowest BCUT2D eigenvalue weighted by atomic mass is 9.83. The Kier molecular flexibility index (Phi) is 5.39. The normalized spacial score (nSPS) is 20.3. The Morgan fingerprint density at radius 1 is 1.19 bits per heavy atom. The molecule has 1 saturated carbocycles. The second-order valence-corrected chi connectivity index (χ2v) is 7.89. The molecule has 27 heavy (non-hydrogen) atoms. The zero-order valence-corrected chi connectivity index (χ0v) is 16.2. The number of alkyl carbamates (subject to hydrolysis) is 1. The average Bonchev–Trinajstić information content (AvgIpc) is 3.04. The van der Waals surface area contributed by atoms with Crippen LogP contribution in [0.25, 0.3) is 11.1 Å². The number of fused-ring (bicyclic) bond motifs is 1. The lowest BCUT2D eigenvalue weighted by Gasteiger charge is -2.28. The second-order valence-electron chi connectivity index (χ2n) is 7.89. The van der Waals surface area contributed by atoms with Gasteiger partial charge in [-0.2, -0.15) is 0 Å². The third-order valence-corrected chi connectivity index (χ3v) is 4.63. The quantitative estimate of drug-likeness (QED) is 0.810. The van der Waals surface area contributed by atoms with Crippen LogP contribution in [0.4, 0.5) is 4.79 Å². The number of methoxy groups -OCH3 is 1. The highest BCUT2D eigenvalue weighted by Gasteiger charge is 2.31. The molecule has 7 nitrogen and oxygen atoms in total. The molecule has 7 heteroatoms. The maximum Gasteiger partial charge on any atom is 0.407 e. The van der Waals surface area contributed by atoms with Crippen molar-refractivity contribution in [1.29, 1.82) is 0 Å². The average molecular weight is 374 g/mol. The van der Waals surface area contributed by atoms with E-state index >= 15 is 0 Å². The number of Topliss-reactive ketones (excluding diaryl/α,β-unsaturated/α-hetero) is 1. The minimum atomic E-state index is -0.523. The minimum absolute atomic E-state index is 0.0210. The summed E-state index contributed by atoms with van der Waals surface area (Å²) in [5, 5.41) is 2.88. The lowest BCUT2D eigenvalue weighted by Crippen LogP contribution is -2.41. The summed E-state index contributed by atoms with van der Waals surface area (Å²) in [7, 11) is 1.56. The summed E-state index contributed by atoms with van der Waals surface area (Å²) in [5.41, 5.74) is 0.576. The molecule has 0 radical (unpaired) electrons. The number of carbonyl (C=O) groups excluding carboxylic acids is 2. The molecule has 1 aromatic heterocycles. The van der Waals surface area contributed by atoms with Crippen LogP contribution in [-0.4, -0.2) is 35.6 Å². The molecule has 1 amide bonds. The number of hydrogen-bond donors (Lipinski definition) is 1. The van der Waals surface area contributed by atoms with Crippen LogP contribution in [0.2, 0.25) is 0 Å². The number of amides is 1. The molecule has 0 unspecified atom stereocenters. The van der Waals surface area contributed by atoms with Crippen LogP contribution in [0.1, 0.15) is 57.1 Å². The smallest absolute Gasteiger partial charge is 0.407 e. The van der Waals surface area contributed by atoms with Crippen LogP contribution in [0, 0.1) is 5.92 Å². The predicted molar refractivity (Wildman–Crippen MR) is 100 cm³/mol. The van der Waals surface area contributed by atoms with Crippen molar-refractivity contribution < 1.29 is 23.5 Å². The van der Waals surface area contributed by atoms with Gasteiger partial charge in [-0.05, 0) is 58.6 Å². The van der Waals surface area contributed by atoms with E-state index in [1.165, 1.54) is 0 Å². The summed E-state index contributed by atoms with van der Waals surface area (Å²) >= 11 is 0. The number of nitrogens with zero attached hydrogens (tertiary/aromatic N) is 1. The largest absolute Gasteiger partial charge is 0.494 e. The zero-order valence-electron chi connectivity index (χ0n) is 16.2. The molecule has 1 aromatic carbocycles. The van der Waals surface area contributed by atoms with Crippen LogP contribution in [0.15, 0.2) is 22.6 Å². The van der Waals surface area contributed by atoms with Gasteiger partial charge in [-0.25, -0.2) is 9.78 Å². The van der Waals surface area contributed by atoms with E-state index in [4.69, 9.17) is 13.9 Å². The highest BCUT2D eigenvalue weighted by Crippen LogP contribution is 2.30. The van der Waals surface area contributed by atoms with Crippen LogP contribution in [0.5, 0.6) is 5.75 Å². The van der Waals surface area contributed by atoms with Gasteiger partial charge in [0.2, 0.25) is 5.78 Å². The Hall–Kier alpha value is -2.57. The van der Waals surface area contributed by atoms with E-state index in [-0.39, 0.29) is 23.6 Å². The first-order chi connectivity index (χ1) is 12.8. The van der Waals surface area contributed by atoms with Crippen molar-refractivity contribution in [2.45, 2.75) is 58.1 Å². The molecule has 0 spiro atoms. The van der Waals surface area contributed by atoms with Gasteiger partial charge in [0.15, 0.2) is 11.1 Å². The number of oxazole rings is 1. The highest BCUT2D eigenvalue weighted by molar-refractivity contribution is 5.96. The molecule has 1 fully saturated rings. The number of hydrogen-bond acceptors (Lipinski definition) is 6. The number of nitrogens with one attached hydrogen (secondary N) is 1. The second kappa shape index (κ2) is 7.58. The number of benzene rings is 1. The van der Waals surface area contributed by atoms with Crippen molar-refractivity contribution in [3.8, 4) is 5.75 Å². The minimum Gasteiger partial charge on any atom is -0.494 e. The van der Waals surface area contributed by atoms with Crippen LogP contribution < -0.4 is 10.1 Å². The molecule has 0 atom stereocenters. The van der Waals surface area contributed by atoms with Gasteiger partial charge in [0.1, 0.15) is 11.4 Å². The molecule has 146 valence electrons. The summed E-state index contributed by atoms with van der Waals surface area (Å²) in [6, 6.07) is 5.37. The summed E-state index contributed by atoms with van der Waals surface area (Å²) in [6.07, 6.45) is 2.38. The lowest BCUT2D eigenvalue weighted by molar-refractivity contribution is 0.0486. The maximum absolute atomic E-state index is 12.8. The first-order valence-electron chi connectivity index (χ1n) is 9.24. The van der Waals surface area contributed by atoms with Crippen molar-refractivity contribution in [2.75, 3.05) is 7.11 Å². The predicted octanol–water partition coefficient (Wildman–Crippen LogP) is 4.10. The standard InChI is InChI=1S/C20H26N2O5/c1-20(2,3)27-19(24)21-13-10-8-12(9-11-13)17(23)18-22-16-14(25-4)6-5-7-15(16)26-18/h5-7,12-13H,8-11H2,1-4H3,(H,21,24). The SMILES string of the molecule is COc1cccc2oc(C(=O)C3CCC(NC(=O)OC(C)(C)C)CC3)nc12. The van der Waals surface area contributed by atoms with Gasteiger partial charge in [-0.3, -0.25) is 4.79 Å². The summed E-state index contributed by atoms with van der Waals surface area (Å²) in [5.74, 6) is 0.461. The summed E-state index contributed by atoms with van der Waals surface area (Å²) < 4.78 is 16.2. The first kappa shape index (κ1) is 19.2. The fraction of sp³-hybridized carbons (Fsp3) is 0.550. The Bertz CT molecular complexity index is 828. The van der Waals surface area contributed by atoms with E-state index in [0.29, 0.717) is 29.7 Å². The van der Waals surface area contributed by atoms with Gasteiger partial charge in [-0.15, -0.1) is 0 Å².